The molecule has 24 heavy (non-hydrogen) atoms. The van der Waals surface area contributed by atoms with Crippen molar-refractivity contribution in [2.75, 3.05) is 25.5 Å². The number of carbonyl (C=O) groups is 1. The number of anilines is 1. The van der Waals surface area contributed by atoms with E-state index in [2.05, 4.69) is 15.5 Å². The number of methoxy groups -OCH3 is 1. The van der Waals surface area contributed by atoms with Gasteiger partial charge in [0.15, 0.2) is 5.82 Å². The topological polar surface area (TPSA) is 80.5 Å². The van der Waals surface area contributed by atoms with Crippen LogP contribution in [-0.2, 0) is 11.3 Å². The Hall–Kier alpha value is -2.41. The number of nitrogens with one attached hydrogen (secondary N) is 1. The predicted octanol–water partition coefficient (Wildman–Crippen LogP) is 2.94. The van der Waals surface area contributed by atoms with Crippen molar-refractivity contribution in [3.63, 3.8) is 0 Å². The minimum atomic E-state index is -0.0883. The van der Waals surface area contributed by atoms with Crippen molar-refractivity contribution in [1.82, 2.24) is 15.0 Å². The maximum atomic E-state index is 12.5. The van der Waals surface area contributed by atoms with E-state index in [9.17, 15) is 4.79 Å². The number of benzene rings is 1. The van der Waals surface area contributed by atoms with Gasteiger partial charge < -0.3 is 19.5 Å². The van der Waals surface area contributed by atoms with E-state index >= 15 is 0 Å². The summed E-state index contributed by atoms with van der Waals surface area (Å²) < 4.78 is 10.2. The third-order valence-corrected chi connectivity index (χ3v) is 4.21. The number of nitrogens with zero attached hydrogens (tertiary/aromatic N) is 3. The molecule has 3 rings (SSSR count). The third-order valence-electron chi connectivity index (χ3n) is 4.21. The zero-order chi connectivity index (χ0) is 16.9. The quantitative estimate of drug-likeness (QED) is 0.932. The van der Waals surface area contributed by atoms with Crippen LogP contribution in [0, 0.1) is 6.92 Å². The van der Waals surface area contributed by atoms with Crippen LogP contribution in [-0.4, -0.2) is 41.3 Å². The van der Waals surface area contributed by atoms with Crippen LogP contribution in [0.25, 0.3) is 0 Å². The minimum absolute atomic E-state index is 0.0883. The Balaban J connectivity index is 1.64. The highest BCUT2D eigenvalue weighted by Gasteiger charge is 2.28. The predicted molar refractivity (Wildman–Crippen MR) is 88.8 cm³/mol. The molecule has 1 aromatic heterocycles. The number of aromatic nitrogens is 2. The molecule has 0 spiro atoms. The Morgan fingerprint density at radius 3 is 3.08 bits per heavy atom. The molecule has 1 fully saturated rings. The molecule has 2 aromatic rings. The van der Waals surface area contributed by atoms with Crippen LogP contribution in [0.4, 0.5) is 10.5 Å². The fourth-order valence-electron chi connectivity index (χ4n) is 2.90. The minimum Gasteiger partial charge on any atom is -0.375 e. The van der Waals surface area contributed by atoms with Crippen molar-refractivity contribution in [2.24, 2.45) is 0 Å². The van der Waals surface area contributed by atoms with E-state index in [1.165, 1.54) is 0 Å². The molecule has 2 amide bonds. The van der Waals surface area contributed by atoms with E-state index < -0.39 is 0 Å². The van der Waals surface area contributed by atoms with Crippen molar-refractivity contribution in [1.29, 1.82) is 0 Å². The van der Waals surface area contributed by atoms with E-state index in [1.807, 2.05) is 36.1 Å². The van der Waals surface area contributed by atoms with E-state index in [0.717, 1.165) is 30.6 Å². The fourth-order valence-corrected chi connectivity index (χ4v) is 2.90. The molecule has 0 aliphatic carbocycles. The molecule has 1 unspecified atom stereocenters. The molecule has 1 atom stereocenters. The molecular formula is C17H22N4O3. The average molecular weight is 330 g/mol. The summed E-state index contributed by atoms with van der Waals surface area (Å²) in [6, 6.07) is 7.67. The summed E-state index contributed by atoms with van der Waals surface area (Å²) in [7, 11) is 1.59. The number of ether oxygens (including phenoxy) is 1. The Morgan fingerprint density at radius 2 is 2.29 bits per heavy atom. The van der Waals surface area contributed by atoms with Crippen molar-refractivity contribution in [3.8, 4) is 0 Å². The van der Waals surface area contributed by atoms with Crippen molar-refractivity contribution in [2.45, 2.75) is 32.3 Å². The smallest absolute Gasteiger partial charge is 0.321 e. The lowest BCUT2D eigenvalue weighted by Gasteiger charge is -2.31. The van der Waals surface area contributed by atoms with Gasteiger partial charge >= 0.3 is 6.03 Å². The number of hydrogen-bond donors (Lipinski definition) is 1. The average Bonchev–Trinajstić information content (AvgIpc) is 3.06. The monoisotopic (exact) mass is 330 g/mol. The largest absolute Gasteiger partial charge is 0.375 e. The van der Waals surface area contributed by atoms with E-state index in [0.29, 0.717) is 24.9 Å². The summed E-state index contributed by atoms with van der Waals surface area (Å²) in [5.41, 5.74) is 1.88. The summed E-state index contributed by atoms with van der Waals surface area (Å²) in [5.74, 6) is 1.21. The second kappa shape index (κ2) is 7.44. The van der Waals surface area contributed by atoms with E-state index in [4.69, 9.17) is 9.26 Å². The molecule has 1 aromatic carbocycles. The number of para-hydroxylation sites is 1. The molecule has 0 bridgehead atoms. The lowest BCUT2D eigenvalue weighted by atomic mass is 9.97. The van der Waals surface area contributed by atoms with Gasteiger partial charge in [-0.2, -0.15) is 4.98 Å². The van der Waals surface area contributed by atoms with Crippen LogP contribution in [0.3, 0.4) is 0 Å². The maximum Gasteiger partial charge on any atom is 0.321 e. The number of rotatable bonds is 4. The molecule has 2 heterocycles. The molecule has 128 valence electrons. The number of amides is 2. The highest BCUT2D eigenvalue weighted by Crippen LogP contribution is 2.25. The summed E-state index contributed by atoms with van der Waals surface area (Å²) >= 11 is 0. The van der Waals surface area contributed by atoms with Gasteiger partial charge in [-0.3, -0.25) is 0 Å². The molecule has 7 nitrogen and oxygen atoms in total. The summed E-state index contributed by atoms with van der Waals surface area (Å²) in [6.07, 6.45) is 1.86. The number of aryl methyl sites for hydroxylation is 1. The second-order valence-electron chi connectivity index (χ2n) is 6.01. The van der Waals surface area contributed by atoms with Gasteiger partial charge in [-0.1, -0.05) is 23.4 Å². The molecule has 0 saturated carbocycles. The van der Waals surface area contributed by atoms with Gasteiger partial charge in [0.2, 0.25) is 0 Å². The number of likely N-dealkylation sites (tertiary alicyclic amines) is 1. The Kier molecular flexibility index (Phi) is 5.10. The molecular weight excluding hydrogens is 308 g/mol. The van der Waals surface area contributed by atoms with Crippen LogP contribution in [0.15, 0.2) is 28.8 Å². The van der Waals surface area contributed by atoms with Gasteiger partial charge in [-0.25, -0.2) is 4.79 Å². The normalized spacial score (nSPS) is 17.8. The lowest BCUT2D eigenvalue weighted by Crippen LogP contribution is -2.41. The van der Waals surface area contributed by atoms with Crippen LogP contribution in [0.2, 0.25) is 0 Å². The Labute approximate surface area is 141 Å². The summed E-state index contributed by atoms with van der Waals surface area (Å²) in [6.45, 7) is 3.60. The number of carbonyl (C=O) groups excluding carboxylic acids is 1. The van der Waals surface area contributed by atoms with Gasteiger partial charge in [0.1, 0.15) is 6.61 Å². The van der Waals surface area contributed by atoms with Crippen LogP contribution in [0.5, 0.6) is 0 Å². The van der Waals surface area contributed by atoms with Crippen molar-refractivity contribution < 1.29 is 14.1 Å². The zero-order valence-corrected chi connectivity index (χ0v) is 14.0. The summed E-state index contributed by atoms with van der Waals surface area (Å²) in [5, 5.41) is 7.01. The molecule has 1 saturated heterocycles. The van der Waals surface area contributed by atoms with Crippen LogP contribution >= 0.6 is 0 Å². The first-order valence-electron chi connectivity index (χ1n) is 8.10. The van der Waals surface area contributed by atoms with E-state index in [1.54, 1.807) is 7.11 Å². The highest BCUT2D eigenvalue weighted by atomic mass is 16.5. The SMILES string of the molecule is COCc1nc(C2CCCN(C(=O)Nc3ccccc3C)C2)no1. The fraction of sp³-hybridized carbons (Fsp3) is 0.471. The van der Waals surface area contributed by atoms with Gasteiger partial charge in [0, 0.05) is 31.8 Å². The molecule has 1 aliphatic heterocycles. The standard InChI is InChI=1S/C17H22N4O3/c1-12-6-3-4-8-14(12)18-17(22)21-9-5-7-13(10-21)16-19-15(11-23-2)24-20-16/h3-4,6,8,13H,5,7,9-11H2,1-2H3,(H,18,22). The lowest BCUT2D eigenvalue weighted by molar-refractivity contribution is 0.151. The molecule has 7 heteroatoms. The first-order valence-corrected chi connectivity index (χ1v) is 8.10. The van der Waals surface area contributed by atoms with Crippen molar-refractivity contribution in [3.05, 3.63) is 41.5 Å². The van der Waals surface area contributed by atoms with Crippen LogP contribution < -0.4 is 5.32 Å². The molecule has 0 radical (unpaired) electrons. The number of hydrogen-bond acceptors (Lipinski definition) is 5. The Morgan fingerprint density at radius 1 is 1.46 bits per heavy atom. The number of piperidine rings is 1. The summed E-state index contributed by atoms with van der Waals surface area (Å²) in [4.78, 5) is 18.7. The first-order chi connectivity index (χ1) is 11.7. The number of urea groups is 1. The third kappa shape index (κ3) is 3.73. The van der Waals surface area contributed by atoms with E-state index in [-0.39, 0.29) is 11.9 Å². The second-order valence-corrected chi connectivity index (χ2v) is 6.01. The van der Waals surface area contributed by atoms with Crippen molar-refractivity contribution >= 4 is 11.7 Å². The Bertz CT molecular complexity index is 701. The van der Waals surface area contributed by atoms with Gasteiger partial charge in [0.25, 0.3) is 5.89 Å². The van der Waals surface area contributed by atoms with Crippen LogP contribution in [0.1, 0.15) is 36.0 Å². The molecule has 1 aliphatic rings. The van der Waals surface area contributed by atoms with Gasteiger partial charge in [-0.05, 0) is 31.4 Å². The zero-order valence-electron chi connectivity index (χ0n) is 14.0. The maximum absolute atomic E-state index is 12.5. The highest BCUT2D eigenvalue weighted by molar-refractivity contribution is 5.90. The van der Waals surface area contributed by atoms with Gasteiger partial charge in [0.05, 0.1) is 0 Å². The van der Waals surface area contributed by atoms with Gasteiger partial charge in [-0.15, -0.1) is 0 Å². The first kappa shape index (κ1) is 16.4. The molecule has 1 N–H and O–H groups in total.